The van der Waals surface area contributed by atoms with Crippen LogP contribution in [0.1, 0.15) is 34.9 Å². The molecule has 0 unspecified atom stereocenters. The average molecular weight is 376 g/mol. The molecule has 26 heavy (non-hydrogen) atoms. The Balaban J connectivity index is 1.81. The molecule has 1 aromatic heterocycles. The Morgan fingerprint density at radius 1 is 1.46 bits per heavy atom. The Labute approximate surface area is 151 Å². The molecule has 9 heteroatoms. The highest BCUT2D eigenvalue weighted by Gasteiger charge is 2.32. The molecule has 0 spiro atoms. The van der Waals surface area contributed by atoms with Crippen molar-refractivity contribution >= 4 is 15.9 Å². The number of piperidine rings is 1. The minimum atomic E-state index is -3.72. The van der Waals surface area contributed by atoms with E-state index in [1.807, 2.05) is 0 Å². The van der Waals surface area contributed by atoms with E-state index in [0.717, 1.165) is 6.42 Å². The van der Waals surface area contributed by atoms with Gasteiger partial charge < -0.3 is 9.84 Å². The standard InChI is InChI=1S/C17H20N4O4S/c1-2-8-18-17(22)13-5-3-7-15(10-13)26(23,24)21-9-4-6-14(11-21)16-19-12-25-20-16/h2-3,5,7,10,12,14H,1,4,6,8-9,11H2,(H,18,22)/t14-/m1/s1. The maximum Gasteiger partial charge on any atom is 0.251 e. The van der Waals surface area contributed by atoms with Gasteiger partial charge in [-0.15, -0.1) is 6.58 Å². The van der Waals surface area contributed by atoms with Gasteiger partial charge in [-0.25, -0.2) is 8.42 Å². The number of nitrogens with zero attached hydrogens (tertiary/aromatic N) is 3. The molecular weight excluding hydrogens is 356 g/mol. The Morgan fingerprint density at radius 2 is 2.31 bits per heavy atom. The molecule has 0 saturated carbocycles. The lowest BCUT2D eigenvalue weighted by molar-refractivity contribution is 0.0958. The van der Waals surface area contributed by atoms with Crippen LogP contribution in [0.25, 0.3) is 0 Å². The van der Waals surface area contributed by atoms with E-state index >= 15 is 0 Å². The highest BCUT2D eigenvalue weighted by atomic mass is 32.2. The maximum absolute atomic E-state index is 13.0. The molecular formula is C17H20N4O4S. The molecule has 2 aromatic rings. The van der Waals surface area contributed by atoms with Crippen molar-refractivity contribution in [2.45, 2.75) is 23.7 Å². The Morgan fingerprint density at radius 3 is 3.04 bits per heavy atom. The molecule has 1 saturated heterocycles. The second kappa shape index (κ2) is 7.79. The number of nitrogens with one attached hydrogen (secondary N) is 1. The van der Waals surface area contributed by atoms with Crippen LogP contribution in [0.2, 0.25) is 0 Å². The zero-order chi connectivity index (χ0) is 18.6. The minimum absolute atomic E-state index is 0.0949. The summed E-state index contributed by atoms with van der Waals surface area (Å²) in [5, 5.41) is 6.47. The number of carbonyl (C=O) groups is 1. The summed E-state index contributed by atoms with van der Waals surface area (Å²) in [4.78, 5) is 16.2. The van der Waals surface area contributed by atoms with Gasteiger partial charge in [0, 0.05) is 31.1 Å². The van der Waals surface area contributed by atoms with Crippen LogP contribution in [-0.4, -0.2) is 48.4 Å². The van der Waals surface area contributed by atoms with Crippen LogP contribution >= 0.6 is 0 Å². The molecule has 2 heterocycles. The van der Waals surface area contributed by atoms with E-state index in [9.17, 15) is 13.2 Å². The van der Waals surface area contributed by atoms with Gasteiger partial charge in [-0.05, 0) is 31.0 Å². The Hall–Kier alpha value is -2.52. The number of rotatable bonds is 6. The van der Waals surface area contributed by atoms with Gasteiger partial charge in [0.05, 0.1) is 4.90 Å². The average Bonchev–Trinajstić information content (AvgIpc) is 3.21. The van der Waals surface area contributed by atoms with Crippen LogP contribution in [0.5, 0.6) is 0 Å². The number of aromatic nitrogens is 2. The molecule has 0 aliphatic carbocycles. The zero-order valence-corrected chi connectivity index (χ0v) is 15.0. The minimum Gasteiger partial charge on any atom is -0.349 e. The molecule has 1 amide bonds. The van der Waals surface area contributed by atoms with Crippen molar-refractivity contribution in [3.63, 3.8) is 0 Å². The van der Waals surface area contributed by atoms with Crippen LogP contribution in [-0.2, 0) is 10.0 Å². The van der Waals surface area contributed by atoms with E-state index in [1.54, 1.807) is 18.2 Å². The van der Waals surface area contributed by atoms with Gasteiger partial charge in [-0.2, -0.15) is 9.29 Å². The smallest absolute Gasteiger partial charge is 0.251 e. The third kappa shape index (κ3) is 3.83. The van der Waals surface area contributed by atoms with Crippen molar-refractivity contribution in [1.82, 2.24) is 19.8 Å². The van der Waals surface area contributed by atoms with E-state index in [4.69, 9.17) is 4.52 Å². The number of benzene rings is 1. The number of sulfonamides is 1. The molecule has 0 radical (unpaired) electrons. The molecule has 1 N–H and O–H groups in total. The van der Waals surface area contributed by atoms with Gasteiger partial charge in [0.15, 0.2) is 5.82 Å². The second-order valence-corrected chi connectivity index (χ2v) is 7.96. The third-order valence-electron chi connectivity index (χ3n) is 4.27. The van der Waals surface area contributed by atoms with E-state index in [1.165, 1.54) is 22.8 Å². The number of hydrogen-bond donors (Lipinski definition) is 1. The molecule has 1 aliphatic rings. The first-order valence-corrected chi connectivity index (χ1v) is 9.72. The Kier molecular flexibility index (Phi) is 5.48. The van der Waals surface area contributed by atoms with Crippen molar-refractivity contribution in [2.24, 2.45) is 0 Å². The highest BCUT2D eigenvalue weighted by Crippen LogP contribution is 2.28. The molecule has 1 fully saturated rings. The number of hydrogen-bond acceptors (Lipinski definition) is 6. The van der Waals surface area contributed by atoms with Crippen LogP contribution in [0.4, 0.5) is 0 Å². The molecule has 1 aromatic carbocycles. The lowest BCUT2D eigenvalue weighted by Crippen LogP contribution is -2.39. The second-order valence-electron chi connectivity index (χ2n) is 6.02. The maximum atomic E-state index is 13.0. The lowest BCUT2D eigenvalue weighted by atomic mass is 9.99. The van der Waals surface area contributed by atoms with Crippen LogP contribution in [0.15, 0.2) is 52.7 Å². The predicted molar refractivity (Wildman–Crippen MR) is 94.0 cm³/mol. The third-order valence-corrected chi connectivity index (χ3v) is 6.13. The lowest BCUT2D eigenvalue weighted by Gasteiger charge is -2.30. The Bertz CT molecular complexity index is 880. The fraction of sp³-hybridized carbons (Fsp3) is 0.353. The van der Waals surface area contributed by atoms with Crippen molar-refractivity contribution in [3.05, 3.63) is 54.7 Å². The number of amides is 1. The van der Waals surface area contributed by atoms with Gasteiger partial charge in [-0.3, -0.25) is 4.79 Å². The normalized spacial score (nSPS) is 18.4. The number of carbonyl (C=O) groups excluding carboxylic acids is 1. The van der Waals surface area contributed by atoms with Crippen molar-refractivity contribution < 1.29 is 17.7 Å². The summed E-state index contributed by atoms with van der Waals surface area (Å²) in [7, 11) is -3.72. The molecule has 8 nitrogen and oxygen atoms in total. The summed E-state index contributed by atoms with van der Waals surface area (Å²) < 4.78 is 32.2. The van der Waals surface area contributed by atoms with Crippen molar-refractivity contribution in [1.29, 1.82) is 0 Å². The predicted octanol–water partition coefficient (Wildman–Crippen LogP) is 1.55. The van der Waals surface area contributed by atoms with Gasteiger partial charge in [-0.1, -0.05) is 17.3 Å². The fourth-order valence-corrected chi connectivity index (χ4v) is 4.51. The van der Waals surface area contributed by atoms with Gasteiger partial charge in [0.2, 0.25) is 16.4 Å². The zero-order valence-electron chi connectivity index (χ0n) is 14.2. The molecule has 1 aliphatic heterocycles. The van der Waals surface area contributed by atoms with E-state index in [2.05, 4.69) is 22.0 Å². The van der Waals surface area contributed by atoms with E-state index in [-0.39, 0.29) is 23.3 Å². The summed E-state index contributed by atoms with van der Waals surface area (Å²) >= 11 is 0. The van der Waals surface area contributed by atoms with Crippen LogP contribution in [0.3, 0.4) is 0 Å². The van der Waals surface area contributed by atoms with Crippen molar-refractivity contribution in [2.75, 3.05) is 19.6 Å². The topological polar surface area (TPSA) is 105 Å². The highest BCUT2D eigenvalue weighted by molar-refractivity contribution is 7.89. The van der Waals surface area contributed by atoms with Crippen LogP contribution in [0, 0.1) is 0 Å². The first-order valence-electron chi connectivity index (χ1n) is 8.28. The van der Waals surface area contributed by atoms with Crippen LogP contribution < -0.4 is 5.32 Å². The summed E-state index contributed by atoms with van der Waals surface area (Å²) in [6.45, 7) is 4.56. The van der Waals surface area contributed by atoms with E-state index in [0.29, 0.717) is 30.9 Å². The first kappa shape index (κ1) is 18.3. The SMILES string of the molecule is C=CCNC(=O)c1cccc(S(=O)(=O)N2CCC[C@@H](c3ncon3)C2)c1. The fourth-order valence-electron chi connectivity index (χ4n) is 2.94. The summed E-state index contributed by atoms with van der Waals surface area (Å²) in [5.41, 5.74) is 0.291. The van der Waals surface area contributed by atoms with Gasteiger partial charge in [0.25, 0.3) is 5.91 Å². The summed E-state index contributed by atoms with van der Waals surface area (Å²) in [6, 6.07) is 6.04. The molecule has 0 bridgehead atoms. The molecule has 3 rings (SSSR count). The summed E-state index contributed by atoms with van der Waals surface area (Å²) in [5.74, 6) is 0.0732. The van der Waals surface area contributed by atoms with Crippen molar-refractivity contribution in [3.8, 4) is 0 Å². The monoisotopic (exact) mass is 376 g/mol. The van der Waals surface area contributed by atoms with Gasteiger partial charge in [0.1, 0.15) is 0 Å². The summed E-state index contributed by atoms with van der Waals surface area (Å²) in [6.07, 6.45) is 4.31. The largest absolute Gasteiger partial charge is 0.349 e. The van der Waals surface area contributed by atoms with Gasteiger partial charge >= 0.3 is 0 Å². The first-order chi connectivity index (χ1) is 12.5. The molecule has 1 atom stereocenters. The van der Waals surface area contributed by atoms with E-state index < -0.39 is 10.0 Å². The molecule has 138 valence electrons. The quantitative estimate of drug-likeness (QED) is 0.767.